The van der Waals surface area contributed by atoms with Crippen LogP contribution in [-0.2, 0) is 10.2 Å². The number of carbonyl (C=O) groups excluding carboxylic acids is 1. The van der Waals surface area contributed by atoms with Crippen LogP contribution in [0.5, 0.6) is 0 Å². The lowest BCUT2D eigenvalue weighted by molar-refractivity contribution is -0.132. The minimum absolute atomic E-state index is 0.143. The van der Waals surface area contributed by atoms with Gasteiger partial charge in [0.05, 0.1) is 5.41 Å². The minimum Gasteiger partial charge on any atom is -0.340 e. The van der Waals surface area contributed by atoms with Crippen LogP contribution in [0.1, 0.15) is 24.8 Å². The van der Waals surface area contributed by atoms with Crippen molar-refractivity contribution in [1.82, 2.24) is 4.90 Å². The van der Waals surface area contributed by atoms with Gasteiger partial charge in [-0.3, -0.25) is 4.79 Å². The average Bonchev–Trinajstić information content (AvgIpc) is 3.06. The number of benzene rings is 1. The van der Waals surface area contributed by atoms with E-state index in [9.17, 15) is 4.79 Å². The molecular formula is C14H17ClN2O. The maximum absolute atomic E-state index is 12.6. The molecule has 0 unspecified atom stereocenters. The summed E-state index contributed by atoms with van der Waals surface area (Å²) in [6.07, 6.45) is 2.77. The third-order valence-electron chi connectivity index (χ3n) is 4.05. The molecule has 1 atom stereocenters. The van der Waals surface area contributed by atoms with Crippen molar-refractivity contribution in [1.29, 1.82) is 0 Å². The van der Waals surface area contributed by atoms with Crippen molar-refractivity contribution in [2.75, 3.05) is 13.1 Å². The lowest BCUT2D eigenvalue weighted by Crippen LogP contribution is -2.39. The largest absolute Gasteiger partial charge is 0.340 e. The van der Waals surface area contributed by atoms with Gasteiger partial charge in [0.1, 0.15) is 0 Å². The molecule has 0 aromatic heterocycles. The molecule has 2 fully saturated rings. The van der Waals surface area contributed by atoms with Crippen LogP contribution in [0.4, 0.5) is 0 Å². The van der Waals surface area contributed by atoms with Crippen LogP contribution in [0.15, 0.2) is 24.3 Å². The molecule has 3 nitrogen and oxygen atoms in total. The molecule has 2 N–H and O–H groups in total. The van der Waals surface area contributed by atoms with Crippen molar-refractivity contribution in [3.63, 3.8) is 0 Å². The molecule has 1 aromatic carbocycles. The van der Waals surface area contributed by atoms with Crippen LogP contribution in [0.3, 0.4) is 0 Å². The Morgan fingerprint density at radius 2 is 2.22 bits per heavy atom. The summed E-state index contributed by atoms with van der Waals surface area (Å²) >= 11 is 6.02. The zero-order valence-electron chi connectivity index (χ0n) is 10.2. The summed E-state index contributed by atoms with van der Waals surface area (Å²) in [5.74, 6) is 0.234. The summed E-state index contributed by atoms with van der Waals surface area (Å²) in [6.45, 7) is 1.49. The van der Waals surface area contributed by atoms with Crippen molar-refractivity contribution in [3.05, 3.63) is 34.9 Å². The fourth-order valence-electron chi connectivity index (χ4n) is 2.81. The van der Waals surface area contributed by atoms with E-state index < -0.39 is 0 Å². The average molecular weight is 265 g/mol. The number of nitrogens with zero attached hydrogens (tertiary/aromatic N) is 1. The zero-order chi connectivity index (χ0) is 12.8. The molecule has 0 bridgehead atoms. The lowest BCUT2D eigenvalue weighted by Gasteiger charge is -2.23. The van der Waals surface area contributed by atoms with Crippen molar-refractivity contribution in [2.45, 2.75) is 30.7 Å². The predicted molar refractivity (Wildman–Crippen MR) is 71.5 cm³/mol. The van der Waals surface area contributed by atoms with Crippen LogP contribution in [-0.4, -0.2) is 29.9 Å². The molecule has 1 aliphatic heterocycles. The zero-order valence-corrected chi connectivity index (χ0v) is 11.0. The highest BCUT2D eigenvalue weighted by Gasteiger charge is 2.53. The number of likely N-dealkylation sites (tertiary alicyclic amines) is 1. The van der Waals surface area contributed by atoms with Gasteiger partial charge in [0.2, 0.25) is 5.91 Å². The number of amides is 1. The van der Waals surface area contributed by atoms with E-state index in [4.69, 9.17) is 17.3 Å². The molecule has 1 saturated heterocycles. The molecule has 96 valence electrons. The van der Waals surface area contributed by atoms with Gasteiger partial charge < -0.3 is 10.6 Å². The second kappa shape index (κ2) is 4.25. The van der Waals surface area contributed by atoms with E-state index in [1.165, 1.54) is 0 Å². The predicted octanol–water partition coefficient (Wildman–Crippen LogP) is 1.93. The van der Waals surface area contributed by atoms with Gasteiger partial charge in [-0.15, -0.1) is 0 Å². The Hall–Kier alpha value is -1.06. The minimum atomic E-state index is -0.311. The molecule has 0 radical (unpaired) electrons. The number of carbonyl (C=O) groups is 1. The highest BCUT2D eigenvalue weighted by molar-refractivity contribution is 6.30. The van der Waals surface area contributed by atoms with Gasteiger partial charge in [-0.05, 0) is 37.0 Å². The van der Waals surface area contributed by atoms with Gasteiger partial charge in [0.15, 0.2) is 0 Å². The molecule has 1 amide bonds. The summed E-state index contributed by atoms with van der Waals surface area (Å²) in [7, 11) is 0. The first-order valence-corrected chi connectivity index (χ1v) is 6.81. The van der Waals surface area contributed by atoms with E-state index in [-0.39, 0.29) is 17.4 Å². The molecule has 1 heterocycles. The molecular weight excluding hydrogens is 248 g/mol. The second-order valence-electron chi connectivity index (χ2n) is 5.39. The van der Waals surface area contributed by atoms with Gasteiger partial charge in [-0.1, -0.05) is 23.7 Å². The number of nitrogens with two attached hydrogens (primary N) is 1. The summed E-state index contributed by atoms with van der Waals surface area (Å²) in [6, 6.07) is 7.83. The Morgan fingerprint density at radius 3 is 2.78 bits per heavy atom. The Morgan fingerprint density at radius 1 is 1.44 bits per heavy atom. The van der Waals surface area contributed by atoms with Crippen molar-refractivity contribution >= 4 is 17.5 Å². The van der Waals surface area contributed by atoms with Crippen LogP contribution >= 0.6 is 11.6 Å². The van der Waals surface area contributed by atoms with Crippen molar-refractivity contribution < 1.29 is 4.79 Å². The van der Waals surface area contributed by atoms with Crippen LogP contribution in [0, 0.1) is 0 Å². The number of hydrogen-bond donors (Lipinski definition) is 1. The fraction of sp³-hybridized carbons (Fsp3) is 0.500. The Labute approximate surface area is 112 Å². The van der Waals surface area contributed by atoms with E-state index in [0.29, 0.717) is 11.6 Å². The molecule has 1 aromatic rings. The molecule has 1 aliphatic carbocycles. The Balaban J connectivity index is 1.85. The molecule has 18 heavy (non-hydrogen) atoms. The quantitative estimate of drug-likeness (QED) is 0.887. The topological polar surface area (TPSA) is 46.3 Å². The number of hydrogen-bond acceptors (Lipinski definition) is 2. The molecule has 2 aliphatic rings. The van der Waals surface area contributed by atoms with Gasteiger partial charge >= 0.3 is 0 Å². The van der Waals surface area contributed by atoms with Gasteiger partial charge in [-0.2, -0.15) is 0 Å². The van der Waals surface area contributed by atoms with Gasteiger partial charge in [0, 0.05) is 24.2 Å². The monoisotopic (exact) mass is 264 g/mol. The Bertz CT molecular complexity index is 484. The van der Waals surface area contributed by atoms with Crippen molar-refractivity contribution in [2.24, 2.45) is 5.73 Å². The highest BCUT2D eigenvalue weighted by Crippen LogP contribution is 2.50. The first kappa shape index (κ1) is 12.0. The smallest absolute Gasteiger partial charge is 0.233 e. The molecule has 4 heteroatoms. The number of rotatable bonds is 2. The Kier molecular flexibility index (Phi) is 2.83. The fourth-order valence-corrected chi connectivity index (χ4v) is 3.00. The first-order chi connectivity index (χ1) is 8.62. The SMILES string of the molecule is N[C@@H]1CCN(C(=O)C2(c3cccc(Cl)c3)CC2)C1. The van der Waals surface area contributed by atoms with E-state index in [2.05, 4.69) is 0 Å². The summed E-state index contributed by atoms with van der Waals surface area (Å²) in [5, 5.41) is 0.699. The second-order valence-corrected chi connectivity index (χ2v) is 5.83. The van der Waals surface area contributed by atoms with Crippen LogP contribution in [0.25, 0.3) is 0 Å². The van der Waals surface area contributed by atoms with Crippen LogP contribution < -0.4 is 5.73 Å². The third kappa shape index (κ3) is 1.91. The first-order valence-electron chi connectivity index (χ1n) is 6.43. The van der Waals surface area contributed by atoms with E-state index in [0.717, 1.165) is 31.4 Å². The number of halogens is 1. The maximum atomic E-state index is 12.6. The summed E-state index contributed by atoms with van der Waals surface area (Å²) in [5.41, 5.74) is 6.62. The van der Waals surface area contributed by atoms with Gasteiger partial charge in [0.25, 0.3) is 0 Å². The molecule has 1 saturated carbocycles. The standard InChI is InChI=1S/C14H17ClN2O/c15-11-3-1-2-10(8-11)14(5-6-14)13(18)17-7-4-12(16)9-17/h1-3,8,12H,4-7,9,16H2/t12-/m1/s1. The molecule has 3 rings (SSSR count). The maximum Gasteiger partial charge on any atom is 0.233 e. The molecule has 0 spiro atoms. The van der Waals surface area contributed by atoms with Crippen molar-refractivity contribution in [3.8, 4) is 0 Å². The van der Waals surface area contributed by atoms with Crippen LogP contribution in [0.2, 0.25) is 5.02 Å². The van der Waals surface area contributed by atoms with E-state index in [1.807, 2.05) is 29.2 Å². The third-order valence-corrected chi connectivity index (χ3v) is 4.28. The van der Waals surface area contributed by atoms with E-state index >= 15 is 0 Å². The summed E-state index contributed by atoms with van der Waals surface area (Å²) in [4.78, 5) is 14.5. The highest BCUT2D eigenvalue weighted by atomic mass is 35.5. The van der Waals surface area contributed by atoms with E-state index in [1.54, 1.807) is 0 Å². The normalized spacial score (nSPS) is 25.2. The lowest BCUT2D eigenvalue weighted by atomic mass is 9.94. The summed E-state index contributed by atoms with van der Waals surface area (Å²) < 4.78 is 0. The van der Waals surface area contributed by atoms with Gasteiger partial charge in [-0.25, -0.2) is 0 Å².